The molecule has 0 aromatic carbocycles. The summed E-state index contributed by atoms with van der Waals surface area (Å²) in [7, 11) is 3.42. The number of pyridine rings is 2. The number of carbonyl (C=O) groups excluding carboxylic acids is 1. The summed E-state index contributed by atoms with van der Waals surface area (Å²) in [5.74, 6) is -0.105. The molecule has 0 fully saturated rings. The first-order valence-electron chi connectivity index (χ1n) is 6.39. The summed E-state index contributed by atoms with van der Waals surface area (Å²) in [6, 6.07) is 5.58. The van der Waals surface area contributed by atoms with Crippen molar-refractivity contribution in [3.05, 3.63) is 53.6 Å². The molecule has 1 amide bonds. The zero-order valence-electron chi connectivity index (χ0n) is 11.9. The SMILES string of the molecule is Cc1ccncc1CNc1ccnc(C(=O)N(C)C)c1. The minimum atomic E-state index is -0.105. The Morgan fingerprint density at radius 1 is 1.30 bits per heavy atom. The molecular formula is C15H18N4O. The minimum Gasteiger partial charge on any atom is -0.381 e. The van der Waals surface area contributed by atoms with Gasteiger partial charge in [0.1, 0.15) is 5.69 Å². The highest BCUT2D eigenvalue weighted by Crippen LogP contribution is 2.12. The van der Waals surface area contributed by atoms with Gasteiger partial charge in [-0.25, -0.2) is 0 Å². The van der Waals surface area contributed by atoms with E-state index in [0.29, 0.717) is 12.2 Å². The van der Waals surface area contributed by atoms with Gasteiger partial charge in [-0.15, -0.1) is 0 Å². The lowest BCUT2D eigenvalue weighted by Crippen LogP contribution is -2.22. The molecule has 2 rings (SSSR count). The van der Waals surface area contributed by atoms with Crippen molar-refractivity contribution in [3.8, 4) is 0 Å². The summed E-state index contributed by atoms with van der Waals surface area (Å²) in [5, 5.41) is 3.29. The van der Waals surface area contributed by atoms with Crippen LogP contribution in [0.3, 0.4) is 0 Å². The van der Waals surface area contributed by atoms with Crippen molar-refractivity contribution in [1.82, 2.24) is 14.9 Å². The van der Waals surface area contributed by atoms with Gasteiger partial charge in [0.2, 0.25) is 0 Å². The molecule has 0 aliphatic heterocycles. The van der Waals surface area contributed by atoms with E-state index in [1.807, 2.05) is 25.3 Å². The maximum atomic E-state index is 11.9. The minimum absolute atomic E-state index is 0.105. The van der Waals surface area contributed by atoms with Crippen LogP contribution in [0.25, 0.3) is 0 Å². The molecule has 5 nitrogen and oxygen atoms in total. The maximum absolute atomic E-state index is 11.9. The van der Waals surface area contributed by atoms with Crippen LogP contribution in [-0.2, 0) is 6.54 Å². The molecule has 20 heavy (non-hydrogen) atoms. The van der Waals surface area contributed by atoms with E-state index in [9.17, 15) is 4.79 Å². The number of anilines is 1. The molecule has 0 aliphatic carbocycles. The van der Waals surface area contributed by atoms with Crippen molar-refractivity contribution in [2.75, 3.05) is 19.4 Å². The standard InChI is InChI=1S/C15H18N4O/c1-11-4-6-16-9-12(11)10-18-13-5-7-17-14(8-13)15(20)19(2)3/h4-9H,10H2,1-3H3,(H,17,18). The number of rotatable bonds is 4. The Kier molecular flexibility index (Phi) is 4.30. The summed E-state index contributed by atoms with van der Waals surface area (Å²) >= 11 is 0. The van der Waals surface area contributed by atoms with Crippen molar-refractivity contribution in [3.63, 3.8) is 0 Å². The van der Waals surface area contributed by atoms with Gasteiger partial charge in [-0.1, -0.05) is 0 Å². The summed E-state index contributed by atoms with van der Waals surface area (Å²) in [5.41, 5.74) is 3.62. The van der Waals surface area contributed by atoms with Crippen LogP contribution in [0.2, 0.25) is 0 Å². The van der Waals surface area contributed by atoms with Crippen LogP contribution in [-0.4, -0.2) is 34.9 Å². The average molecular weight is 270 g/mol. The van der Waals surface area contributed by atoms with Crippen LogP contribution in [0.15, 0.2) is 36.8 Å². The number of nitrogens with zero attached hydrogens (tertiary/aromatic N) is 3. The number of amides is 1. The van der Waals surface area contributed by atoms with E-state index in [1.54, 1.807) is 32.6 Å². The molecule has 0 unspecified atom stereocenters. The zero-order chi connectivity index (χ0) is 14.5. The maximum Gasteiger partial charge on any atom is 0.272 e. The highest BCUT2D eigenvalue weighted by atomic mass is 16.2. The molecule has 0 spiro atoms. The van der Waals surface area contributed by atoms with Crippen LogP contribution in [0.5, 0.6) is 0 Å². The van der Waals surface area contributed by atoms with Gasteiger partial charge in [0.05, 0.1) is 0 Å². The van der Waals surface area contributed by atoms with Crippen molar-refractivity contribution < 1.29 is 4.79 Å². The third kappa shape index (κ3) is 3.32. The van der Waals surface area contributed by atoms with E-state index in [4.69, 9.17) is 0 Å². The van der Waals surface area contributed by atoms with Crippen molar-refractivity contribution in [2.45, 2.75) is 13.5 Å². The van der Waals surface area contributed by atoms with Crippen LogP contribution in [0, 0.1) is 6.92 Å². The Bertz CT molecular complexity index is 610. The van der Waals surface area contributed by atoms with Gasteiger partial charge in [-0.2, -0.15) is 0 Å². The van der Waals surface area contributed by atoms with Crippen LogP contribution in [0.4, 0.5) is 5.69 Å². The molecule has 2 heterocycles. The third-order valence-corrected chi connectivity index (χ3v) is 3.02. The highest BCUT2D eigenvalue weighted by Gasteiger charge is 2.09. The second kappa shape index (κ2) is 6.14. The van der Waals surface area contributed by atoms with Gasteiger partial charge in [0.15, 0.2) is 0 Å². The fourth-order valence-corrected chi connectivity index (χ4v) is 1.77. The quantitative estimate of drug-likeness (QED) is 0.924. The van der Waals surface area contributed by atoms with Crippen LogP contribution >= 0.6 is 0 Å². The third-order valence-electron chi connectivity index (χ3n) is 3.02. The fraction of sp³-hybridized carbons (Fsp3) is 0.267. The van der Waals surface area contributed by atoms with E-state index >= 15 is 0 Å². The molecule has 0 atom stereocenters. The Morgan fingerprint density at radius 2 is 2.10 bits per heavy atom. The number of hydrogen-bond acceptors (Lipinski definition) is 4. The number of nitrogens with one attached hydrogen (secondary N) is 1. The van der Waals surface area contributed by atoms with Gasteiger partial charge in [0, 0.05) is 44.9 Å². The molecule has 0 radical (unpaired) electrons. The molecule has 1 N–H and O–H groups in total. The highest BCUT2D eigenvalue weighted by molar-refractivity contribution is 5.92. The summed E-state index contributed by atoms with van der Waals surface area (Å²) in [6.07, 6.45) is 5.25. The number of aromatic nitrogens is 2. The van der Waals surface area contributed by atoms with Crippen molar-refractivity contribution >= 4 is 11.6 Å². The van der Waals surface area contributed by atoms with Gasteiger partial charge >= 0.3 is 0 Å². The second-order valence-electron chi connectivity index (χ2n) is 4.79. The van der Waals surface area contributed by atoms with Gasteiger partial charge in [-0.3, -0.25) is 14.8 Å². The first kappa shape index (κ1) is 14.0. The predicted octanol–water partition coefficient (Wildman–Crippen LogP) is 2.10. The Hall–Kier alpha value is -2.43. The first-order chi connectivity index (χ1) is 9.58. The predicted molar refractivity (Wildman–Crippen MR) is 78.6 cm³/mol. The van der Waals surface area contributed by atoms with Crippen molar-refractivity contribution in [2.24, 2.45) is 0 Å². The summed E-state index contributed by atoms with van der Waals surface area (Å²) in [6.45, 7) is 2.71. The lowest BCUT2D eigenvalue weighted by molar-refractivity contribution is 0.0822. The number of aryl methyl sites for hydroxylation is 1. The Balaban J connectivity index is 2.09. The molecule has 5 heteroatoms. The lowest BCUT2D eigenvalue weighted by atomic mass is 10.1. The molecule has 0 saturated heterocycles. The lowest BCUT2D eigenvalue weighted by Gasteiger charge is -2.12. The zero-order valence-corrected chi connectivity index (χ0v) is 11.9. The molecular weight excluding hydrogens is 252 g/mol. The smallest absolute Gasteiger partial charge is 0.272 e. The van der Waals surface area contributed by atoms with E-state index in [2.05, 4.69) is 15.3 Å². The molecule has 2 aromatic heterocycles. The normalized spacial score (nSPS) is 10.2. The average Bonchev–Trinajstić information content (AvgIpc) is 2.46. The Morgan fingerprint density at radius 3 is 2.80 bits per heavy atom. The second-order valence-corrected chi connectivity index (χ2v) is 4.79. The first-order valence-corrected chi connectivity index (χ1v) is 6.39. The van der Waals surface area contributed by atoms with Gasteiger partial charge in [0.25, 0.3) is 5.91 Å². The summed E-state index contributed by atoms with van der Waals surface area (Å²) < 4.78 is 0. The fourth-order valence-electron chi connectivity index (χ4n) is 1.77. The topological polar surface area (TPSA) is 58.1 Å². The molecule has 0 aliphatic rings. The molecule has 2 aromatic rings. The molecule has 0 bridgehead atoms. The van der Waals surface area contributed by atoms with E-state index in [-0.39, 0.29) is 5.91 Å². The number of carbonyl (C=O) groups is 1. The Labute approximate surface area is 118 Å². The molecule has 0 saturated carbocycles. The van der Waals surface area contributed by atoms with Crippen LogP contribution in [0.1, 0.15) is 21.6 Å². The van der Waals surface area contributed by atoms with Gasteiger partial charge in [-0.05, 0) is 36.2 Å². The van der Waals surface area contributed by atoms with E-state index in [0.717, 1.165) is 11.3 Å². The van der Waals surface area contributed by atoms with Crippen LogP contribution < -0.4 is 5.32 Å². The van der Waals surface area contributed by atoms with E-state index < -0.39 is 0 Å². The monoisotopic (exact) mass is 270 g/mol. The van der Waals surface area contributed by atoms with Gasteiger partial charge < -0.3 is 10.2 Å². The molecule has 104 valence electrons. The largest absolute Gasteiger partial charge is 0.381 e. The van der Waals surface area contributed by atoms with Crippen molar-refractivity contribution in [1.29, 1.82) is 0 Å². The number of hydrogen-bond donors (Lipinski definition) is 1. The summed E-state index contributed by atoms with van der Waals surface area (Å²) in [4.78, 5) is 21.6. The van der Waals surface area contributed by atoms with E-state index in [1.165, 1.54) is 10.5 Å².